The van der Waals surface area contributed by atoms with Crippen molar-refractivity contribution in [1.29, 1.82) is 0 Å². The first-order valence-electron chi connectivity index (χ1n) is 8.93. The molecule has 2 N–H and O–H groups in total. The molecule has 2 aromatic carbocycles. The van der Waals surface area contributed by atoms with E-state index in [1.807, 2.05) is 32.2 Å². The number of thioether (sulfide) groups is 1. The Kier molecular flexibility index (Phi) is 8.20. The highest BCUT2D eigenvalue weighted by Crippen LogP contribution is 2.16. The predicted molar refractivity (Wildman–Crippen MR) is 112 cm³/mol. The zero-order valence-corrected chi connectivity index (χ0v) is 16.8. The van der Waals surface area contributed by atoms with E-state index in [2.05, 4.69) is 10.6 Å². The van der Waals surface area contributed by atoms with Gasteiger partial charge >= 0.3 is 0 Å². The van der Waals surface area contributed by atoms with Crippen molar-refractivity contribution in [3.63, 3.8) is 0 Å². The average Bonchev–Trinajstić information content (AvgIpc) is 2.67. The second kappa shape index (κ2) is 10.6. The van der Waals surface area contributed by atoms with Crippen LogP contribution in [-0.4, -0.2) is 36.5 Å². The number of rotatable bonds is 9. The molecule has 0 bridgehead atoms. The molecular weight excluding hydrogens is 360 g/mol. The Morgan fingerprint density at radius 1 is 1.07 bits per heavy atom. The van der Waals surface area contributed by atoms with Crippen LogP contribution >= 0.6 is 11.8 Å². The second-order valence-corrected chi connectivity index (χ2v) is 7.11. The van der Waals surface area contributed by atoms with Crippen LogP contribution in [0.3, 0.4) is 0 Å². The molecule has 0 aliphatic carbocycles. The SMILES string of the molecule is CCOc1ccc(NC(=O)[C@H](CCSC)NC(=O)c2ccc(C)cc2)cc1. The fraction of sp³-hybridized carbons (Fsp3) is 0.333. The topological polar surface area (TPSA) is 67.4 Å². The van der Waals surface area contributed by atoms with Gasteiger partial charge in [-0.3, -0.25) is 9.59 Å². The van der Waals surface area contributed by atoms with Crippen LogP contribution in [0.4, 0.5) is 5.69 Å². The molecular formula is C21H26N2O3S. The molecule has 2 rings (SSSR count). The number of aryl methyl sites for hydroxylation is 1. The number of nitrogens with one attached hydrogen (secondary N) is 2. The van der Waals surface area contributed by atoms with Crippen LogP contribution in [0.25, 0.3) is 0 Å². The molecule has 0 saturated carbocycles. The van der Waals surface area contributed by atoms with E-state index in [0.29, 0.717) is 24.3 Å². The van der Waals surface area contributed by atoms with E-state index in [4.69, 9.17) is 4.74 Å². The Bertz CT molecular complexity index is 745. The number of hydrogen-bond donors (Lipinski definition) is 2. The van der Waals surface area contributed by atoms with Gasteiger partial charge in [0.25, 0.3) is 5.91 Å². The molecule has 27 heavy (non-hydrogen) atoms. The maximum absolute atomic E-state index is 12.7. The molecule has 2 amide bonds. The lowest BCUT2D eigenvalue weighted by Crippen LogP contribution is -2.44. The quantitative estimate of drug-likeness (QED) is 0.686. The third-order valence-electron chi connectivity index (χ3n) is 3.98. The molecule has 0 radical (unpaired) electrons. The van der Waals surface area contributed by atoms with E-state index in [9.17, 15) is 9.59 Å². The van der Waals surface area contributed by atoms with Gasteiger partial charge in [-0.05, 0) is 68.7 Å². The number of hydrogen-bond acceptors (Lipinski definition) is 4. The Balaban J connectivity index is 2.03. The predicted octanol–water partition coefficient (Wildman–Crippen LogP) is 3.88. The summed E-state index contributed by atoms with van der Waals surface area (Å²) in [5.74, 6) is 1.05. The van der Waals surface area contributed by atoms with E-state index in [-0.39, 0.29) is 11.8 Å². The summed E-state index contributed by atoms with van der Waals surface area (Å²) in [5.41, 5.74) is 2.30. The van der Waals surface area contributed by atoms with E-state index in [1.54, 1.807) is 48.2 Å². The smallest absolute Gasteiger partial charge is 0.251 e. The van der Waals surface area contributed by atoms with Crippen LogP contribution < -0.4 is 15.4 Å². The van der Waals surface area contributed by atoms with Crippen molar-refractivity contribution in [3.05, 3.63) is 59.7 Å². The maximum atomic E-state index is 12.7. The number of carbonyl (C=O) groups is 2. The first-order chi connectivity index (χ1) is 13.0. The fourth-order valence-electron chi connectivity index (χ4n) is 2.48. The van der Waals surface area contributed by atoms with Crippen LogP contribution in [-0.2, 0) is 4.79 Å². The molecule has 0 fully saturated rings. The average molecular weight is 387 g/mol. The molecule has 0 saturated heterocycles. The molecule has 0 unspecified atom stereocenters. The second-order valence-electron chi connectivity index (χ2n) is 6.12. The third kappa shape index (κ3) is 6.64. The lowest BCUT2D eigenvalue weighted by Gasteiger charge is -2.18. The summed E-state index contributed by atoms with van der Waals surface area (Å²) in [7, 11) is 0. The zero-order chi connectivity index (χ0) is 19.6. The van der Waals surface area contributed by atoms with Gasteiger partial charge in [0.05, 0.1) is 6.61 Å². The van der Waals surface area contributed by atoms with Crippen LogP contribution in [0.1, 0.15) is 29.3 Å². The van der Waals surface area contributed by atoms with Crippen LogP contribution in [0.2, 0.25) is 0 Å². The molecule has 144 valence electrons. The minimum Gasteiger partial charge on any atom is -0.494 e. The third-order valence-corrected chi connectivity index (χ3v) is 4.62. The van der Waals surface area contributed by atoms with Crippen LogP contribution in [0, 0.1) is 6.92 Å². The van der Waals surface area contributed by atoms with Crippen LogP contribution in [0.15, 0.2) is 48.5 Å². The van der Waals surface area contributed by atoms with Crippen molar-refractivity contribution in [2.24, 2.45) is 0 Å². The summed E-state index contributed by atoms with van der Waals surface area (Å²) < 4.78 is 5.40. The van der Waals surface area contributed by atoms with E-state index < -0.39 is 6.04 Å². The van der Waals surface area contributed by atoms with Gasteiger partial charge in [-0.1, -0.05) is 17.7 Å². The van der Waals surface area contributed by atoms with Gasteiger partial charge in [-0.25, -0.2) is 0 Å². The largest absolute Gasteiger partial charge is 0.494 e. The summed E-state index contributed by atoms with van der Waals surface area (Å²) in [6, 6.07) is 13.9. The van der Waals surface area contributed by atoms with Gasteiger partial charge in [0, 0.05) is 11.3 Å². The molecule has 2 aromatic rings. The van der Waals surface area contributed by atoms with Crippen molar-refractivity contribution in [2.75, 3.05) is 23.9 Å². The van der Waals surface area contributed by atoms with Crippen LogP contribution in [0.5, 0.6) is 5.75 Å². The Morgan fingerprint density at radius 2 is 1.74 bits per heavy atom. The number of benzene rings is 2. The summed E-state index contributed by atoms with van der Waals surface area (Å²) in [6.07, 6.45) is 2.53. The molecule has 0 aromatic heterocycles. The summed E-state index contributed by atoms with van der Waals surface area (Å²) in [5, 5.41) is 5.72. The Hall–Kier alpha value is -2.47. The van der Waals surface area contributed by atoms with Gasteiger partial charge in [-0.2, -0.15) is 11.8 Å². The standard InChI is InChI=1S/C21H26N2O3S/c1-4-26-18-11-9-17(10-12-18)22-21(25)19(13-14-27-3)23-20(24)16-7-5-15(2)6-8-16/h5-12,19H,4,13-14H2,1-3H3,(H,22,25)(H,23,24)/t19-/m0/s1. The minimum atomic E-state index is -0.599. The van der Waals surface area contributed by atoms with Crippen molar-refractivity contribution in [2.45, 2.75) is 26.3 Å². The van der Waals surface area contributed by atoms with Crippen molar-refractivity contribution in [3.8, 4) is 5.75 Å². The fourth-order valence-corrected chi connectivity index (χ4v) is 2.95. The van der Waals surface area contributed by atoms with Gasteiger partial charge < -0.3 is 15.4 Å². The number of ether oxygens (including phenoxy) is 1. The lowest BCUT2D eigenvalue weighted by molar-refractivity contribution is -0.118. The number of carbonyl (C=O) groups excluding carboxylic acids is 2. The highest BCUT2D eigenvalue weighted by Gasteiger charge is 2.21. The van der Waals surface area contributed by atoms with E-state index in [0.717, 1.165) is 17.1 Å². The highest BCUT2D eigenvalue weighted by molar-refractivity contribution is 7.98. The molecule has 0 aliphatic rings. The van der Waals surface area contributed by atoms with Crippen molar-refractivity contribution in [1.82, 2.24) is 5.32 Å². The molecule has 0 aliphatic heterocycles. The normalized spacial score (nSPS) is 11.5. The minimum absolute atomic E-state index is 0.228. The van der Waals surface area contributed by atoms with E-state index >= 15 is 0 Å². The summed E-state index contributed by atoms with van der Waals surface area (Å²) >= 11 is 1.64. The first kappa shape index (κ1) is 20.8. The zero-order valence-electron chi connectivity index (χ0n) is 16.0. The Labute approximate surface area is 164 Å². The van der Waals surface area contributed by atoms with Gasteiger partial charge in [-0.15, -0.1) is 0 Å². The maximum Gasteiger partial charge on any atom is 0.251 e. The first-order valence-corrected chi connectivity index (χ1v) is 10.3. The number of amides is 2. The van der Waals surface area contributed by atoms with Gasteiger partial charge in [0.1, 0.15) is 11.8 Å². The monoisotopic (exact) mass is 386 g/mol. The molecule has 1 atom stereocenters. The van der Waals surface area contributed by atoms with Crippen molar-refractivity contribution >= 4 is 29.3 Å². The molecule has 5 nitrogen and oxygen atoms in total. The Morgan fingerprint density at radius 3 is 2.33 bits per heavy atom. The summed E-state index contributed by atoms with van der Waals surface area (Å²) in [4.78, 5) is 25.2. The molecule has 0 spiro atoms. The van der Waals surface area contributed by atoms with Crippen molar-refractivity contribution < 1.29 is 14.3 Å². The molecule has 0 heterocycles. The molecule has 6 heteroatoms. The lowest BCUT2D eigenvalue weighted by atomic mass is 10.1. The van der Waals surface area contributed by atoms with E-state index in [1.165, 1.54) is 0 Å². The highest BCUT2D eigenvalue weighted by atomic mass is 32.2. The number of anilines is 1. The summed E-state index contributed by atoms with van der Waals surface area (Å²) in [6.45, 7) is 4.48. The van der Waals surface area contributed by atoms with Gasteiger partial charge in [0.15, 0.2) is 0 Å². The van der Waals surface area contributed by atoms with Gasteiger partial charge in [0.2, 0.25) is 5.91 Å².